The summed E-state index contributed by atoms with van der Waals surface area (Å²) in [4.78, 5) is 26.2. The van der Waals surface area contributed by atoms with Gasteiger partial charge in [0.15, 0.2) is 4.90 Å². The number of piperidine rings is 1. The second-order valence-electron chi connectivity index (χ2n) is 9.22. The number of benzene rings is 2. The highest BCUT2D eigenvalue weighted by Crippen LogP contribution is 2.28. The molecule has 1 N–H and O–H groups in total. The number of aromatic carboxylic acids is 1. The van der Waals surface area contributed by atoms with Crippen LogP contribution >= 0.6 is 0 Å². The Bertz CT molecular complexity index is 974. The first-order valence-corrected chi connectivity index (χ1v) is 12.3. The van der Waals surface area contributed by atoms with Crippen LogP contribution in [0, 0.1) is 0 Å². The molecule has 0 aromatic heterocycles. The van der Waals surface area contributed by atoms with Crippen molar-refractivity contribution in [2.24, 2.45) is 0 Å². The minimum absolute atomic E-state index is 0.164. The molecule has 3 rings (SSSR count). The van der Waals surface area contributed by atoms with Crippen molar-refractivity contribution in [2.75, 3.05) is 20.2 Å². The van der Waals surface area contributed by atoms with Gasteiger partial charge in [0.2, 0.25) is 0 Å². The lowest BCUT2D eigenvalue weighted by Gasteiger charge is -2.38. The van der Waals surface area contributed by atoms with Crippen LogP contribution in [0.1, 0.15) is 49.5 Å². The Labute approximate surface area is 203 Å². The summed E-state index contributed by atoms with van der Waals surface area (Å²) in [6, 6.07) is 13.4. The standard InChI is InChI=1S/C25H32N2O6S/c1-25(2,3)33-24(30)26-15-5-6-20(17-26)27(16-18-7-9-19(10-8-18)23(28)29)34(31)22-13-11-21(32-4)12-14-22/h7-14,20H,5-6,15-17H2,1-4H3,(H,28,29). The topological polar surface area (TPSA) is 102 Å². The fraction of sp³-hybridized carbons (Fsp3) is 0.440. The Kier molecular flexibility index (Phi) is 8.46. The normalized spacial score (nSPS) is 17.4. The highest BCUT2D eigenvalue weighted by Gasteiger charge is 2.36. The Morgan fingerprint density at radius 2 is 1.79 bits per heavy atom. The number of likely N-dealkylation sites (tertiary alicyclic amines) is 1. The summed E-state index contributed by atoms with van der Waals surface area (Å²) in [6.07, 6.45) is 1.16. The van der Waals surface area contributed by atoms with Crippen LogP contribution in [0.2, 0.25) is 0 Å². The summed E-state index contributed by atoms with van der Waals surface area (Å²) in [5, 5.41) is 9.18. The molecule has 1 aliphatic rings. The van der Waals surface area contributed by atoms with Crippen LogP contribution < -0.4 is 4.74 Å². The summed E-state index contributed by atoms with van der Waals surface area (Å²) < 4.78 is 26.3. The van der Waals surface area contributed by atoms with Gasteiger partial charge >= 0.3 is 12.1 Å². The molecule has 1 saturated heterocycles. The zero-order valence-corrected chi connectivity index (χ0v) is 20.8. The van der Waals surface area contributed by atoms with E-state index < -0.39 is 22.9 Å². The maximum atomic E-state index is 13.7. The van der Waals surface area contributed by atoms with Crippen molar-refractivity contribution >= 4 is 23.4 Å². The summed E-state index contributed by atoms with van der Waals surface area (Å²) >= 11 is -1.51. The summed E-state index contributed by atoms with van der Waals surface area (Å²) in [5.41, 5.74) is 0.434. The Morgan fingerprint density at radius 1 is 1.15 bits per heavy atom. The van der Waals surface area contributed by atoms with Crippen LogP contribution in [-0.2, 0) is 22.6 Å². The molecule has 0 saturated carbocycles. The van der Waals surface area contributed by atoms with Gasteiger partial charge < -0.3 is 24.0 Å². The molecule has 1 fully saturated rings. The highest BCUT2D eigenvalue weighted by atomic mass is 32.2. The predicted molar refractivity (Wildman–Crippen MR) is 129 cm³/mol. The molecule has 2 aromatic rings. The van der Waals surface area contributed by atoms with E-state index in [0.717, 1.165) is 18.4 Å². The summed E-state index contributed by atoms with van der Waals surface area (Å²) in [7, 11) is 1.58. The molecule has 2 unspecified atom stereocenters. The van der Waals surface area contributed by atoms with Gasteiger partial charge in [-0.25, -0.2) is 9.59 Å². The van der Waals surface area contributed by atoms with E-state index in [9.17, 15) is 19.2 Å². The van der Waals surface area contributed by atoms with Gasteiger partial charge in [0.25, 0.3) is 0 Å². The molecule has 2 aromatic carbocycles. The zero-order chi connectivity index (χ0) is 24.9. The van der Waals surface area contributed by atoms with Crippen LogP contribution in [-0.4, -0.2) is 62.8 Å². The van der Waals surface area contributed by atoms with Gasteiger partial charge in [0, 0.05) is 13.1 Å². The van der Waals surface area contributed by atoms with Crippen LogP contribution in [0.25, 0.3) is 0 Å². The van der Waals surface area contributed by atoms with E-state index >= 15 is 0 Å². The molecule has 0 radical (unpaired) electrons. The van der Waals surface area contributed by atoms with E-state index in [1.807, 2.05) is 25.1 Å². The van der Waals surface area contributed by atoms with Crippen molar-refractivity contribution in [1.82, 2.24) is 9.21 Å². The third-order valence-corrected chi connectivity index (χ3v) is 7.00. The third kappa shape index (κ3) is 6.88. The van der Waals surface area contributed by atoms with Gasteiger partial charge in [-0.05, 0) is 75.6 Å². The van der Waals surface area contributed by atoms with Gasteiger partial charge in [0.1, 0.15) is 11.4 Å². The first-order valence-electron chi connectivity index (χ1n) is 11.2. The van der Waals surface area contributed by atoms with Gasteiger partial charge in [-0.15, -0.1) is 4.31 Å². The maximum Gasteiger partial charge on any atom is 0.410 e. The number of rotatable bonds is 7. The second kappa shape index (κ2) is 11.1. The van der Waals surface area contributed by atoms with Crippen LogP contribution in [0.3, 0.4) is 0 Å². The molecule has 1 heterocycles. The summed E-state index contributed by atoms with van der Waals surface area (Å²) in [6.45, 7) is 6.81. The lowest BCUT2D eigenvalue weighted by atomic mass is 10.1. The quantitative estimate of drug-likeness (QED) is 0.579. The van der Waals surface area contributed by atoms with Gasteiger partial charge in [0.05, 0.1) is 36.6 Å². The number of carboxylic acids is 1. The SMILES string of the molecule is COc1ccc([S+]([O-])N(Cc2ccc(C(=O)O)cc2)C2CCCN(C(=O)OC(C)(C)C)C2)cc1. The molecule has 9 heteroatoms. The molecule has 1 aliphatic heterocycles. The molecule has 184 valence electrons. The van der Waals surface area contributed by atoms with Gasteiger partial charge in [-0.2, -0.15) is 0 Å². The molecule has 0 bridgehead atoms. The molecular formula is C25H32N2O6S. The minimum Gasteiger partial charge on any atom is -0.593 e. The fourth-order valence-electron chi connectivity index (χ4n) is 3.77. The molecule has 0 aliphatic carbocycles. The average molecular weight is 489 g/mol. The fourth-order valence-corrected chi connectivity index (χ4v) is 5.11. The van der Waals surface area contributed by atoms with Gasteiger partial charge in [-0.1, -0.05) is 12.1 Å². The number of ether oxygens (including phenoxy) is 2. The van der Waals surface area contributed by atoms with Gasteiger partial charge in [-0.3, -0.25) is 0 Å². The number of carbonyl (C=O) groups excluding carboxylic acids is 1. The zero-order valence-electron chi connectivity index (χ0n) is 20.0. The minimum atomic E-state index is -1.51. The van der Waals surface area contributed by atoms with E-state index in [2.05, 4.69) is 0 Å². The number of methoxy groups -OCH3 is 1. The second-order valence-corrected chi connectivity index (χ2v) is 10.7. The number of nitrogens with zero attached hydrogens (tertiary/aromatic N) is 2. The van der Waals surface area contributed by atoms with E-state index in [-0.39, 0.29) is 17.7 Å². The number of carboxylic acid groups (broad SMARTS) is 1. The van der Waals surface area contributed by atoms with E-state index in [1.54, 1.807) is 60.5 Å². The number of amides is 1. The monoisotopic (exact) mass is 488 g/mol. The Balaban J connectivity index is 1.85. The van der Waals surface area contributed by atoms with Crippen molar-refractivity contribution in [2.45, 2.75) is 56.7 Å². The van der Waals surface area contributed by atoms with Crippen molar-refractivity contribution in [3.63, 3.8) is 0 Å². The van der Waals surface area contributed by atoms with Crippen molar-refractivity contribution < 1.29 is 28.7 Å². The number of carbonyl (C=O) groups is 2. The lowest BCUT2D eigenvalue weighted by molar-refractivity contribution is 0.0152. The number of hydrogen-bond acceptors (Lipinski definition) is 6. The van der Waals surface area contributed by atoms with Crippen molar-refractivity contribution in [3.8, 4) is 5.75 Å². The van der Waals surface area contributed by atoms with E-state index in [1.165, 1.54) is 0 Å². The van der Waals surface area contributed by atoms with Crippen molar-refractivity contribution in [1.29, 1.82) is 0 Å². The van der Waals surface area contributed by atoms with Crippen LogP contribution in [0.4, 0.5) is 4.79 Å². The average Bonchev–Trinajstić information content (AvgIpc) is 2.81. The third-order valence-electron chi connectivity index (χ3n) is 5.47. The van der Waals surface area contributed by atoms with Crippen LogP contribution in [0.5, 0.6) is 5.75 Å². The first-order chi connectivity index (χ1) is 16.1. The largest absolute Gasteiger partial charge is 0.593 e. The van der Waals surface area contributed by atoms with E-state index in [4.69, 9.17) is 9.47 Å². The highest BCUT2D eigenvalue weighted by molar-refractivity contribution is 7.89. The summed E-state index contributed by atoms with van der Waals surface area (Å²) in [5.74, 6) is -0.323. The lowest BCUT2D eigenvalue weighted by Crippen LogP contribution is -2.52. The molecule has 1 amide bonds. The van der Waals surface area contributed by atoms with E-state index in [0.29, 0.717) is 30.3 Å². The first kappa shape index (κ1) is 25.9. The smallest absolute Gasteiger partial charge is 0.410 e. The Hall–Kier alpha value is -2.75. The number of hydrogen-bond donors (Lipinski definition) is 1. The molecule has 2 atom stereocenters. The van der Waals surface area contributed by atoms with Crippen molar-refractivity contribution in [3.05, 3.63) is 59.7 Å². The molecular weight excluding hydrogens is 456 g/mol. The Morgan fingerprint density at radius 3 is 2.35 bits per heavy atom. The predicted octanol–water partition coefficient (Wildman–Crippen LogP) is 4.32. The molecule has 34 heavy (non-hydrogen) atoms. The molecule has 0 spiro atoms. The van der Waals surface area contributed by atoms with Crippen LogP contribution in [0.15, 0.2) is 53.4 Å². The molecule has 8 nitrogen and oxygen atoms in total. The maximum absolute atomic E-state index is 13.7.